The predicted molar refractivity (Wildman–Crippen MR) is 97.6 cm³/mol. The molecular weight excluding hydrogens is 389 g/mol. The quantitative estimate of drug-likeness (QED) is 0.617. The van der Waals surface area contributed by atoms with Gasteiger partial charge in [-0.1, -0.05) is 18.2 Å². The summed E-state index contributed by atoms with van der Waals surface area (Å²) >= 11 is 0. The third-order valence-electron chi connectivity index (χ3n) is 3.77. The SMILES string of the molecule is Cc1ccc2nc(COC(=O)CNS(=O)(=O)c3ccccc3F)cc(=O)n2c1. The first kappa shape index (κ1) is 19.6. The summed E-state index contributed by atoms with van der Waals surface area (Å²) in [5.74, 6) is -1.83. The summed E-state index contributed by atoms with van der Waals surface area (Å²) in [6.07, 6.45) is 1.64. The number of ether oxygens (including phenoxy) is 1. The molecule has 1 N–H and O–H groups in total. The van der Waals surface area contributed by atoms with Crippen molar-refractivity contribution in [3.8, 4) is 0 Å². The standard InChI is InChI=1S/C18H16FN3O5S/c1-12-6-7-16-21-13(8-17(23)22(16)10-12)11-27-18(24)9-20-28(25,26)15-5-3-2-4-14(15)19/h2-8,10,20H,9,11H2,1H3. The lowest BCUT2D eigenvalue weighted by Crippen LogP contribution is -2.31. The molecule has 3 aromatic rings. The summed E-state index contributed by atoms with van der Waals surface area (Å²) in [6, 6.07) is 9.46. The third kappa shape index (κ3) is 4.41. The number of halogens is 1. The summed E-state index contributed by atoms with van der Waals surface area (Å²) in [6.45, 7) is 0.840. The van der Waals surface area contributed by atoms with Crippen molar-refractivity contribution in [3.63, 3.8) is 0 Å². The first-order valence-corrected chi connectivity index (χ1v) is 9.63. The minimum absolute atomic E-state index is 0.221. The average Bonchev–Trinajstić information content (AvgIpc) is 2.65. The van der Waals surface area contributed by atoms with Crippen LogP contribution in [0.5, 0.6) is 0 Å². The second-order valence-corrected chi connectivity index (χ2v) is 7.67. The summed E-state index contributed by atoms with van der Waals surface area (Å²) in [5, 5.41) is 0. The molecule has 0 unspecified atom stereocenters. The maximum atomic E-state index is 13.6. The Kier molecular flexibility index (Phi) is 5.52. The van der Waals surface area contributed by atoms with Gasteiger partial charge >= 0.3 is 5.97 Å². The Labute approximate surface area is 159 Å². The van der Waals surface area contributed by atoms with E-state index in [2.05, 4.69) is 4.98 Å². The number of aryl methyl sites for hydroxylation is 1. The van der Waals surface area contributed by atoms with Gasteiger partial charge in [0.2, 0.25) is 10.0 Å². The van der Waals surface area contributed by atoms with Gasteiger partial charge in [0.05, 0.1) is 5.69 Å². The maximum absolute atomic E-state index is 13.6. The molecule has 28 heavy (non-hydrogen) atoms. The van der Waals surface area contributed by atoms with Crippen LogP contribution in [0.15, 0.2) is 58.4 Å². The molecule has 0 fully saturated rings. The van der Waals surface area contributed by atoms with Crippen LogP contribution in [0.3, 0.4) is 0 Å². The molecule has 146 valence electrons. The van der Waals surface area contributed by atoms with Crippen molar-refractivity contribution in [2.45, 2.75) is 18.4 Å². The number of benzene rings is 1. The lowest BCUT2D eigenvalue weighted by atomic mass is 10.3. The van der Waals surface area contributed by atoms with Crippen LogP contribution in [0.1, 0.15) is 11.3 Å². The summed E-state index contributed by atoms with van der Waals surface area (Å²) < 4.78 is 45.9. The Morgan fingerprint density at radius 1 is 1.25 bits per heavy atom. The number of hydrogen-bond donors (Lipinski definition) is 1. The fourth-order valence-electron chi connectivity index (χ4n) is 2.43. The molecule has 0 aliphatic heterocycles. The number of hydrogen-bond acceptors (Lipinski definition) is 6. The van der Waals surface area contributed by atoms with E-state index in [9.17, 15) is 22.4 Å². The molecule has 0 radical (unpaired) electrons. The monoisotopic (exact) mass is 405 g/mol. The molecule has 8 nitrogen and oxygen atoms in total. The number of rotatable bonds is 6. The van der Waals surface area contributed by atoms with Crippen LogP contribution in [0.4, 0.5) is 4.39 Å². The van der Waals surface area contributed by atoms with Crippen LogP contribution in [0, 0.1) is 12.7 Å². The topological polar surface area (TPSA) is 107 Å². The fourth-order valence-corrected chi connectivity index (χ4v) is 3.48. The van der Waals surface area contributed by atoms with Gasteiger partial charge in [-0.2, -0.15) is 4.72 Å². The van der Waals surface area contributed by atoms with Crippen LogP contribution in [0.25, 0.3) is 5.65 Å². The number of nitrogens with zero attached hydrogens (tertiary/aromatic N) is 2. The van der Waals surface area contributed by atoms with E-state index in [1.165, 1.54) is 22.6 Å². The Hall–Kier alpha value is -3.11. The van der Waals surface area contributed by atoms with Crippen LogP contribution >= 0.6 is 0 Å². The molecule has 1 aromatic carbocycles. The summed E-state index contributed by atoms with van der Waals surface area (Å²) in [4.78, 5) is 27.6. The Morgan fingerprint density at radius 2 is 2.00 bits per heavy atom. The van der Waals surface area contributed by atoms with Crippen molar-refractivity contribution < 1.29 is 22.3 Å². The van der Waals surface area contributed by atoms with E-state index in [1.807, 2.05) is 11.6 Å². The van der Waals surface area contributed by atoms with Gasteiger partial charge < -0.3 is 4.74 Å². The van der Waals surface area contributed by atoms with Crippen LogP contribution in [-0.4, -0.2) is 30.3 Å². The third-order valence-corrected chi connectivity index (χ3v) is 5.21. The van der Waals surface area contributed by atoms with Gasteiger partial charge in [-0.3, -0.25) is 14.0 Å². The minimum Gasteiger partial charge on any atom is -0.458 e. The van der Waals surface area contributed by atoms with Crippen molar-refractivity contribution in [2.24, 2.45) is 0 Å². The molecule has 2 heterocycles. The van der Waals surface area contributed by atoms with Crippen molar-refractivity contribution in [1.82, 2.24) is 14.1 Å². The van der Waals surface area contributed by atoms with Crippen molar-refractivity contribution in [2.75, 3.05) is 6.54 Å². The number of aromatic nitrogens is 2. The number of esters is 1. The van der Waals surface area contributed by atoms with Gasteiger partial charge in [-0.25, -0.2) is 17.8 Å². The molecule has 0 spiro atoms. The molecule has 2 aromatic heterocycles. The maximum Gasteiger partial charge on any atom is 0.321 e. The van der Waals surface area contributed by atoms with Gasteiger partial charge in [0.15, 0.2) is 0 Å². The zero-order valence-corrected chi connectivity index (χ0v) is 15.6. The minimum atomic E-state index is -4.20. The first-order chi connectivity index (χ1) is 13.3. The molecule has 0 amide bonds. The number of sulfonamides is 1. The second-order valence-electron chi connectivity index (χ2n) is 5.94. The molecule has 0 bridgehead atoms. The molecule has 10 heteroatoms. The lowest BCUT2D eigenvalue weighted by molar-refractivity contribution is -0.143. The number of carbonyl (C=O) groups is 1. The zero-order valence-electron chi connectivity index (χ0n) is 14.8. The molecule has 0 aliphatic carbocycles. The first-order valence-electron chi connectivity index (χ1n) is 8.15. The highest BCUT2D eigenvalue weighted by molar-refractivity contribution is 7.89. The van der Waals surface area contributed by atoms with Crippen LogP contribution in [0.2, 0.25) is 0 Å². The average molecular weight is 405 g/mol. The van der Waals surface area contributed by atoms with Gasteiger partial charge in [0.25, 0.3) is 5.56 Å². The highest BCUT2D eigenvalue weighted by Crippen LogP contribution is 2.12. The molecule has 0 saturated carbocycles. The summed E-state index contributed by atoms with van der Waals surface area (Å²) in [5.41, 5.74) is 1.17. The normalized spacial score (nSPS) is 11.5. The van der Waals surface area contributed by atoms with E-state index < -0.39 is 33.3 Å². The number of nitrogens with one attached hydrogen (secondary N) is 1. The molecule has 3 rings (SSSR count). The number of pyridine rings is 1. The smallest absolute Gasteiger partial charge is 0.321 e. The van der Waals surface area contributed by atoms with E-state index in [4.69, 9.17) is 4.74 Å². The zero-order chi connectivity index (χ0) is 20.3. The van der Waals surface area contributed by atoms with Crippen LogP contribution in [-0.2, 0) is 26.2 Å². The van der Waals surface area contributed by atoms with E-state index in [-0.39, 0.29) is 17.9 Å². The number of fused-ring (bicyclic) bond motifs is 1. The Balaban J connectivity index is 1.63. The second kappa shape index (κ2) is 7.87. The van der Waals surface area contributed by atoms with Crippen molar-refractivity contribution in [3.05, 3.63) is 76.1 Å². The van der Waals surface area contributed by atoms with E-state index >= 15 is 0 Å². The van der Waals surface area contributed by atoms with E-state index in [1.54, 1.807) is 18.3 Å². The van der Waals surface area contributed by atoms with Gasteiger partial charge in [0, 0.05) is 12.3 Å². The van der Waals surface area contributed by atoms with Gasteiger partial charge in [-0.05, 0) is 30.7 Å². The predicted octanol–water partition coefficient (Wildman–Crippen LogP) is 1.16. The Bertz CT molecular complexity index is 1210. The Morgan fingerprint density at radius 3 is 2.75 bits per heavy atom. The molecule has 0 aliphatic rings. The molecule has 0 atom stereocenters. The fraction of sp³-hybridized carbons (Fsp3) is 0.167. The number of carbonyl (C=O) groups excluding carboxylic acids is 1. The van der Waals surface area contributed by atoms with Gasteiger partial charge in [0.1, 0.15) is 29.5 Å². The van der Waals surface area contributed by atoms with Crippen LogP contribution < -0.4 is 10.3 Å². The van der Waals surface area contributed by atoms with E-state index in [0.717, 1.165) is 17.7 Å². The summed E-state index contributed by atoms with van der Waals surface area (Å²) in [7, 11) is -4.20. The highest BCUT2D eigenvalue weighted by atomic mass is 32.2. The van der Waals surface area contributed by atoms with E-state index in [0.29, 0.717) is 5.65 Å². The van der Waals surface area contributed by atoms with Gasteiger partial charge in [-0.15, -0.1) is 0 Å². The highest BCUT2D eigenvalue weighted by Gasteiger charge is 2.19. The van der Waals surface area contributed by atoms with Crippen molar-refractivity contribution in [1.29, 1.82) is 0 Å². The molecular formula is C18H16FN3O5S. The molecule has 0 saturated heterocycles. The van der Waals surface area contributed by atoms with Crippen molar-refractivity contribution >= 4 is 21.6 Å². The largest absolute Gasteiger partial charge is 0.458 e. The lowest BCUT2D eigenvalue weighted by Gasteiger charge is -2.08.